The molecule has 8 heteroatoms. The van der Waals surface area contributed by atoms with Crippen molar-refractivity contribution in [2.45, 2.75) is 78.0 Å². The van der Waals surface area contributed by atoms with Crippen LogP contribution in [-0.4, -0.2) is 66.3 Å². The molecule has 0 radical (unpaired) electrons. The van der Waals surface area contributed by atoms with Gasteiger partial charge in [0.1, 0.15) is 10.8 Å². The fourth-order valence-corrected chi connectivity index (χ4v) is 4.17. The highest BCUT2D eigenvalue weighted by atomic mass is 35.5. The molecule has 30 heavy (non-hydrogen) atoms. The van der Waals surface area contributed by atoms with Crippen LogP contribution in [0.5, 0.6) is 5.88 Å². The minimum absolute atomic E-state index is 0.204. The van der Waals surface area contributed by atoms with Crippen molar-refractivity contribution in [2.75, 3.05) is 26.2 Å². The molecule has 0 aliphatic carbocycles. The smallest absolute Gasteiger partial charge is 0.410 e. The van der Waals surface area contributed by atoms with Crippen LogP contribution >= 0.6 is 11.6 Å². The van der Waals surface area contributed by atoms with Crippen LogP contribution in [0.25, 0.3) is 0 Å². The number of halogens is 1. The van der Waals surface area contributed by atoms with E-state index in [1.807, 2.05) is 32.9 Å². The van der Waals surface area contributed by atoms with Gasteiger partial charge in [-0.05, 0) is 52.8 Å². The van der Waals surface area contributed by atoms with Crippen molar-refractivity contribution in [3.8, 4) is 5.88 Å². The summed E-state index contributed by atoms with van der Waals surface area (Å²) in [6, 6.07) is 4.88. The number of rotatable bonds is 6. The van der Waals surface area contributed by atoms with Gasteiger partial charge in [0.2, 0.25) is 5.88 Å². The van der Waals surface area contributed by atoms with E-state index in [0.717, 1.165) is 18.2 Å². The van der Waals surface area contributed by atoms with E-state index in [9.17, 15) is 4.79 Å². The number of hydrogen-bond acceptors (Lipinski definition) is 5. The second kappa shape index (κ2) is 9.45. The van der Waals surface area contributed by atoms with Crippen molar-refractivity contribution in [1.82, 2.24) is 14.8 Å². The van der Waals surface area contributed by atoms with Gasteiger partial charge in [-0.1, -0.05) is 31.2 Å². The first-order valence-corrected chi connectivity index (χ1v) is 14.8. The Morgan fingerprint density at radius 2 is 1.90 bits per heavy atom. The van der Waals surface area contributed by atoms with Crippen LogP contribution < -0.4 is 4.74 Å². The molecule has 6 nitrogen and oxygen atoms in total. The lowest BCUT2D eigenvalue weighted by Gasteiger charge is -2.47. The van der Waals surface area contributed by atoms with Gasteiger partial charge in [-0.25, -0.2) is 9.78 Å². The van der Waals surface area contributed by atoms with E-state index in [4.69, 9.17) is 21.1 Å². The summed E-state index contributed by atoms with van der Waals surface area (Å²) in [5.41, 5.74) is 0.327. The fraction of sp³-hybridized carbons (Fsp3) is 0.727. The molecule has 1 saturated heterocycles. The van der Waals surface area contributed by atoms with E-state index in [1.54, 1.807) is 4.90 Å². The molecule has 0 atom stereocenters. The summed E-state index contributed by atoms with van der Waals surface area (Å²) in [4.78, 5) is 21.1. The topological polar surface area (TPSA) is 54.9 Å². The zero-order valence-electron chi connectivity index (χ0n) is 19.8. The lowest BCUT2D eigenvalue weighted by Crippen LogP contribution is -2.60. The third-order valence-corrected chi connectivity index (χ3v) is 7.00. The summed E-state index contributed by atoms with van der Waals surface area (Å²) >= 11 is 6.14. The van der Waals surface area contributed by atoms with Crippen LogP contribution in [-0.2, 0) is 11.3 Å². The molecule has 0 aromatic carbocycles. The first kappa shape index (κ1) is 25.0. The molecule has 1 aromatic heterocycles. The van der Waals surface area contributed by atoms with Gasteiger partial charge >= 0.3 is 6.09 Å². The van der Waals surface area contributed by atoms with E-state index in [0.29, 0.717) is 37.3 Å². The molecule has 1 fully saturated rings. The Bertz CT molecular complexity index is 744. The van der Waals surface area contributed by atoms with E-state index in [1.165, 1.54) is 0 Å². The fourth-order valence-electron chi connectivity index (χ4n) is 3.32. The lowest BCUT2D eigenvalue weighted by molar-refractivity contribution is -0.0180. The Kier molecular flexibility index (Phi) is 7.86. The predicted octanol–water partition coefficient (Wildman–Crippen LogP) is 5.28. The molecule has 0 unspecified atom stereocenters. The first-order valence-electron chi connectivity index (χ1n) is 10.7. The average Bonchev–Trinajstić information content (AvgIpc) is 2.55. The highest BCUT2D eigenvalue weighted by Crippen LogP contribution is 2.28. The third kappa shape index (κ3) is 7.74. The van der Waals surface area contributed by atoms with Crippen LogP contribution in [0, 0.1) is 0 Å². The molecule has 170 valence electrons. The summed E-state index contributed by atoms with van der Waals surface area (Å²) in [7, 11) is -1.19. The van der Waals surface area contributed by atoms with Gasteiger partial charge in [-0.3, -0.25) is 4.90 Å². The Hall–Kier alpha value is -1.31. The summed E-state index contributed by atoms with van der Waals surface area (Å²) in [5, 5.41) is 0.441. The number of ether oxygens (including phenoxy) is 2. The van der Waals surface area contributed by atoms with Crippen LogP contribution in [0.3, 0.4) is 0 Å². The molecular formula is C22H38ClN3O3Si. The maximum Gasteiger partial charge on any atom is 0.410 e. The molecule has 0 spiro atoms. The van der Waals surface area contributed by atoms with Crippen molar-refractivity contribution in [3.63, 3.8) is 0 Å². The Morgan fingerprint density at radius 3 is 2.47 bits per heavy atom. The number of aromatic nitrogens is 1. The Labute approximate surface area is 187 Å². The van der Waals surface area contributed by atoms with Gasteiger partial charge in [0, 0.05) is 45.4 Å². The van der Waals surface area contributed by atoms with E-state index < -0.39 is 13.7 Å². The predicted molar refractivity (Wildman–Crippen MR) is 125 cm³/mol. The summed E-state index contributed by atoms with van der Waals surface area (Å²) in [6.07, 6.45) is -0.251. The van der Waals surface area contributed by atoms with Crippen LogP contribution in [0.4, 0.5) is 4.79 Å². The second-order valence-electron chi connectivity index (χ2n) is 10.9. The largest absolute Gasteiger partial charge is 0.478 e. The number of carbonyl (C=O) groups excluding carboxylic acids is 1. The van der Waals surface area contributed by atoms with Gasteiger partial charge in [-0.2, -0.15) is 0 Å². The number of pyridine rings is 1. The molecule has 0 saturated carbocycles. The molecular weight excluding hydrogens is 418 g/mol. The second-order valence-corrected chi connectivity index (χ2v) is 16.9. The molecule has 1 aromatic rings. The van der Waals surface area contributed by atoms with E-state index in [2.05, 4.69) is 43.4 Å². The average molecular weight is 456 g/mol. The van der Waals surface area contributed by atoms with Crippen molar-refractivity contribution in [3.05, 3.63) is 22.8 Å². The SMILES string of the molecule is CC(C)(C)OC(=O)N1CCN(Cc2ccc(Cl)nc2OCC[Si](C)(C)C)C(C)(C)C1. The number of piperazine rings is 1. The van der Waals surface area contributed by atoms with Gasteiger partial charge in [0.25, 0.3) is 0 Å². The normalized spacial score (nSPS) is 17.7. The Balaban J connectivity index is 2.07. The monoisotopic (exact) mass is 455 g/mol. The minimum Gasteiger partial charge on any atom is -0.478 e. The van der Waals surface area contributed by atoms with Gasteiger partial charge in [-0.15, -0.1) is 0 Å². The van der Waals surface area contributed by atoms with Gasteiger partial charge < -0.3 is 14.4 Å². The van der Waals surface area contributed by atoms with Crippen molar-refractivity contribution in [2.24, 2.45) is 0 Å². The van der Waals surface area contributed by atoms with Gasteiger partial charge in [0.05, 0.1) is 6.61 Å². The van der Waals surface area contributed by atoms with Crippen LogP contribution in [0.15, 0.2) is 12.1 Å². The molecule has 0 bridgehead atoms. The highest BCUT2D eigenvalue weighted by Gasteiger charge is 2.37. The minimum atomic E-state index is -1.19. The molecule has 1 aliphatic rings. The lowest BCUT2D eigenvalue weighted by atomic mass is 9.98. The standard InChI is InChI=1S/C22H38ClN3O3Si/c1-21(2,3)29-20(27)25-11-12-26(22(4,5)16-25)15-17-9-10-18(23)24-19(17)28-13-14-30(6,7)8/h9-10H,11-16H2,1-8H3. The first-order chi connectivity index (χ1) is 13.7. The molecule has 2 heterocycles. The van der Waals surface area contributed by atoms with Crippen molar-refractivity contribution < 1.29 is 14.3 Å². The van der Waals surface area contributed by atoms with Crippen molar-refractivity contribution >= 4 is 25.8 Å². The number of amides is 1. The number of nitrogens with zero attached hydrogens (tertiary/aromatic N) is 3. The van der Waals surface area contributed by atoms with Crippen molar-refractivity contribution in [1.29, 1.82) is 0 Å². The molecule has 1 aliphatic heterocycles. The zero-order valence-corrected chi connectivity index (χ0v) is 21.6. The maximum absolute atomic E-state index is 12.5. The molecule has 1 amide bonds. The van der Waals surface area contributed by atoms with E-state index >= 15 is 0 Å². The zero-order chi connectivity index (χ0) is 22.7. The molecule has 2 rings (SSSR count). The van der Waals surface area contributed by atoms with Crippen LogP contribution in [0.2, 0.25) is 30.8 Å². The Morgan fingerprint density at radius 1 is 1.23 bits per heavy atom. The van der Waals surface area contributed by atoms with Crippen LogP contribution in [0.1, 0.15) is 40.2 Å². The summed E-state index contributed by atoms with van der Waals surface area (Å²) < 4.78 is 11.6. The number of hydrogen-bond donors (Lipinski definition) is 0. The maximum atomic E-state index is 12.5. The summed E-state index contributed by atoms with van der Waals surface area (Å²) in [6.45, 7) is 20.3. The van der Waals surface area contributed by atoms with E-state index in [-0.39, 0.29) is 11.6 Å². The summed E-state index contributed by atoms with van der Waals surface area (Å²) in [5.74, 6) is 0.617. The highest BCUT2D eigenvalue weighted by molar-refractivity contribution is 6.76. The quantitative estimate of drug-likeness (QED) is 0.431. The van der Waals surface area contributed by atoms with Gasteiger partial charge in [0.15, 0.2) is 0 Å². The molecule has 0 N–H and O–H groups in total. The third-order valence-electron chi connectivity index (χ3n) is 5.08. The number of carbonyl (C=O) groups is 1.